The fourth-order valence-electron chi connectivity index (χ4n) is 4.71. The van der Waals surface area contributed by atoms with Gasteiger partial charge in [0.25, 0.3) is 0 Å². The summed E-state index contributed by atoms with van der Waals surface area (Å²) in [5.41, 5.74) is 0. The van der Waals surface area contributed by atoms with Crippen LogP contribution in [0.5, 0.6) is 5.75 Å². The van der Waals surface area contributed by atoms with Crippen LogP contribution in [0.1, 0.15) is 38.5 Å². The molecule has 1 aromatic rings. The average molecular weight is 422 g/mol. The average Bonchev–Trinajstić information content (AvgIpc) is 3.07. The van der Waals surface area contributed by atoms with E-state index in [1.54, 1.807) is 0 Å². The molecule has 2 bridgehead atoms. The number of fused-ring (bicyclic) bond motifs is 2. The maximum Gasteiger partial charge on any atom is 0.225 e. The Bertz CT molecular complexity index is 679. The lowest BCUT2D eigenvalue weighted by molar-refractivity contribution is -0.141. The minimum atomic E-state index is 0. The van der Waals surface area contributed by atoms with Crippen LogP contribution in [0.2, 0.25) is 0 Å². The minimum absolute atomic E-state index is 0. The maximum atomic E-state index is 13.0. The highest BCUT2D eigenvalue weighted by Crippen LogP contribution is 2.25. The summed E-state index contributed by atoms with van der Waals surface area (Å²) in [6.07, 6.45) is 5.45. The Morgan fingerprint density at radius 2 is 1.62 bits per heavy atom. The fourth-order valence-corrected chi connectivity index (χ4v) is 4.71. The zero-order chi connectivity index (χ0) is 19.3. The Morgan fingerprint density at radius 3 is 2.38 bits per heavy atom. The van der Waals surface area contributed by atoms with Crippen LogP contribution in [-0.4, -0.2) is 66.5 Å². The molecule has 3 aliphatic heterocycles. The molecule has 2 unspecified atom stereocenters. The van der Waals surface area contributed by atoms with Gasteiger partial charge in [-0.15, -0.1) is 12.4 Å². The summed E-state index contributed by atoms with van der Waals surface area (Å²) in [5, 5.41) is 3.64. The number of hydrogen-bond acceptors (Lipinski definition) is 4. The molecular weight excluding hydrogens is 390 g/mol. The molecule has 0 spiro atoms. The van der Waals surface area contributed by atoms with E-state index in [-0.39, 0.29) is 24.2 Å². The van der Waals surface area contributed by atoms with Gasteiger partial charge in [0.15, 0.2) is 0 Å². The Balaban J connectivity index is 0.00000240. The van der Waals surface area contributed by atoms with Crippen LogP contribution < -0.4 is 10.1 Å². The Labute approximate surface area is 179 Å². The number of ether oxygens (including phenoxy) is 1. The summed E-state index contributed by atoms with van der Waals surface area (Å²) in [6, 6.07) is 10.6. The molecule has 4 rings (SSSR count). The van der Waals surface area contributed by atoms with E-state index >= 15 is 0 Å². The van der Waals surface area contributed by atoms with Crippen LogP contribution in [0.4, 0.5) is 0 Å². The lowest BCUT2D eigenvalue weighted by Crippen LogP contribution is -2.46. The SMILES string of the molecule is Cl.O=C(CCOc1ccccc1)N1CCC(C(=O)N2CCC3CCC(C2)N3)CC1. The number of para-hydroxylation sites is 1. The number of rotatable bonds is 5. The van der Waals surface area contributed by atoms with Crippen LogP contribution in [0, 0.1) is 5.92 Å². The van der Waals surface area contributed by atoms with Gasteiger partial charge in [0.1, 0.15) is 5.75 Å². The molecule has 3 aliphatic rings. The number of carbonyl (C=O) groups excluding carboxylic acids is 2. The Morgan fingerprint density at radius 1 is 0.931 bits per heavy atom. The third kappa shape index (κ3) is 5.64. The second kappa shape index (κ2) is 10.3. The van der Waals surface area contributed by atoms with E-state index in [1.165, 1.54) is 12.8 Å². The molecule has 0 aromatic heterocycles. The number of halogens is 1. The van der Waals surface area contributed by atoms with Gasteiger partial charge in [0, 0.05) is 44.2 Å². The number of carbonyl (C=O) groups is 2. The summed E-state index contributed by atoms with van der Waals surface area (Å²) >= 11 is 0. The van der Waals surface area contributed by atoms with Crippen LogP contribution in [-0.2, 0) is 9.59 Å². The van der Waals surface area contributed by atoms with Crippen molar-refractivity contribution in [1.29, 1.82) is 0 Å². The first kappa shape index (κ1) is 21.9. The van der Waals surface area contributed by atoms with E-state index in [1.807, 2.05) is 35.2 Å². The Kier molecular flexibility index (Phi) is 7.78. The van der Waals surface area contributed by atoms with Crippen molar-refractivity contribution in [2.24, 2.45) is 5.92 Å². The van der Waals surface area contributed by atoms with Crippen molar-refractivity contribution in [2.45, 2.75) is 50.6 Å². The number of benzene rings is 1. The fraction of sp³-hybridized carbons (Fsp3) is 0.636. The number of piperidine rings is 1. The summed E-state index contributed by atoms with van der Waals surface area (Å²) < 4.78 is 5.63. The number of amides is 2. The van der Waals surface area contributed by atoms with Crippen molar-refractivity contribution in [3.63, 3.8) is 0 Å². The topological polar surface area (TPSA) is 61.9 Å². The third-order valence-electron chi connectivity index (χ3n) is 6.36. The van der Waals surface area contributed by atoms with E-state index in [0.29, 0.717) is 44.1 Å². The molecule has 0 radical (unpaired) electrons. The van der Waals surface area contributed by atoms with E-state index in [0.717, 1.165) is 38.1 Å². The number of nitrogens with one attached hydrogen (secondary N) is 1. The summed E-state index contributed by atoms with van der Waals surface area (Å²) in [7, 11) is 0. The predicted octanol–water partition coefficient (Wildman–Crippen LogP) is 2.47. The lowest BCUT2D eigenvalue weighted by Gasteiger charge is -2.34. The van der Waals surface area contributed by atoms with Crippen LogP contribution in [0.15, 0.2) is 30.3 Å². The number of nitrogens with zero attached hydrogens (tertiary/aromatic N) is 2. The summed E-state index contributed by atoms with van der Waals surface area (Å²) in [4.78, 5) is 29.4. The molecule has 6 nitrogen and oxygen atoms in total. The highest BCUT2D eigenvalue weighted by Gasteiger charge is 2.35. The van der Waals surface area contributed by atoms with Crippen LogP contribution in [0.25, 0.3) is 0 Å². The zero-order valence-corrected chi connectivity index (χ0v) is 17.7. The molecule has 1 aromatic carbocycles. The molecule has 3 heterocycles. The van der Waals surface area contributed by atoms with Gasteiger partial charge in [-0.3, -0.25) is 9.59 Å². The standard InChI is InChI=1S/C22H31N3O3.ClH/c26-21(11-15-28-20-4-2-1-3-5-20)24-12-8-17(9-13-24)22(27)25-14-10-18-6-7-19(16-25)23-18;/h1-5,17-19,23H,6-16H2;1H. The van der Waals surface area contributed by atoms with Gasteiger partial charge >= 0.3 is 0 Å². The molecule has 0 saturated carbocycles. The molecule has 2 atom stereocenters. The summed E-state index contributed by atoms with van der Waals surface area (Å²) in [6.45, 7) is 3.48. The van der Waals surface area contributed by atoms with Crippen molar-refractivity contribution in [3.8, 4) is 5.75 Å². The quantitative estimate of drug-likeness (QED) is 0.793. The van der Waals surface area contributed by atoms with Gasteiger partial charge < -0.3 is 19.9 Å². The van der Waals surface area contributed by atoms with E-state index in [4.69, 9.17) is 4.74 Å². The highest BCUT2D eigenvalue weighted by molar-refractivity contribution is 5.85. The minimum Gasteiger partial charge on any atom is -0.493 e. The molecule has 3 fully saturated rings. The highest BCUT2D eigenvalue weighted by atomic mass is 35.5. The van der Waals surface area contributed by atoms with Gasteiger partial charge in [-0.1, -0.05) is 18.2 Å². The Hall–Kier alpha value is -1.79. The van der Waals surface area contributed by atoms with Crippen molar-refractivity contribution < 1.29 is 14.3 Å². The maximum absolute atomic E-state index is 13.0. The van der Waals surface area contributed by atoms with Crippen LogP contribution >= 0.6 is 12.4 Å². The van der Waals surface area contributed by atoms with Gasteiger partial charge in [0.2, 0.25) is 11.8 Å². The van der Waals surface area contributed by atoms with Gasteiger partial charge in [-0.05, 0) is 44.2 Å². The predicted molar refractivity (Wildman–Crippen MR) is 114 cm³/mol. The molecule has 7 heteroatoms. The number of likely N-dealkylation sites (tertiary alicyclic amines) is 2. The molecule has 160 valence electrons. The van der Waals surface area contributed by atoms with Gasteiger partial charge in [0.05, 0.1) is 13.0 Å². The first-order chi connectivity index (χ1) is 13.7. The second-order valence-electron chi connectivity index (χ2n) is 8.28. The van der Waals surface area contributed by atoms with Crippen molar-refractivity contribution in [2.75, 3.05) is 32.8 Å². The molecule has 1 N–H and O–H groups in total. The van der Waals surface area contributed by atoms with Crippen molar-refractivity contribution in [3.05, 3.63) is 30.3 Å². The van der Waals surface area contributed by atoms with E-state index in [9.17, 15) is 9.59 Å². The molecule has 0 aliphatic carbocycles. The van der Waals surface area contributed by atoms with Gasteiger partial charge in [-0.2, -0.15) is 0 Å². The zero-order valence-electron chi connectivity index (χ0n) is 16.9. The largest absolute Gasteiger partial charge is 0.493 e. The smallest absolute Gasteiger partial charge is 0.225 e. The van der Waals surface area contributed by atoms with Gasteiger partial charge in [-0.25, -0.2) is 0 Å². The normalized spacial score (nSPS) is 24.6. The first-order valence-corrected chi connectivity index (χ1v) is 10.7. The monoisotopic (exact) mass is 421 g/mol. The van der Waals surface area contributed by atoms with Crippen molar-refractivity contribution in [1.82, 2.24) is 15.1 Å². The lowest BCUT2D eigenvalue weighted by atomic mass is 9.94. The first-order valence-electron chi connectivity index (χ1n) is 10.7. The van der Waals surface area contributed by atoms with E-state index < -0.39 is 0 Å². The van der Waals surface area contributed by atoms with Crippen molar-refractivity contribution >= 4 is 24.2 Å². The molecular formula is C22H32ClN3O3. The second-order valence-corrected chi connectivity index (χ2v) is 8.28. The van der Waals surface area contributed by atoms with Crippen LogP contribution in [0.3, 0.4) is 0 Å². The van der Waals surface area contributed by atoms with E-state index in [2.05, 4.69) is 10.2 Å². The molecule has 2 amide bonds. The molecule has 3 saturated heterocycles. The molecule has 29 heavy (non-hydrogen) atoms. The number of hydrogen-bond donors (Lipinski definition) is 1. The summed E-state index contributed by atoms with van der Waals surface area (Å²) in [5.74, 6) is 1.29. The third-order valence-corrected chi connectivity index (χ3v) is 6.36.